The van der Waals surface area contributed by atoms with Gasteiger partial charge in [0.05, 0.1) is 36.5 Å². The Balaban J connectivity index is 0. The second-order valence-electron chi connectivity index (χ2n) is 5.52. The Labute approximate surface area is 163 Å². The van der Waals surface area contributed by atoms with Crippen molar-refractivity contribution in [2.45, 2.75) is 46.0 Å². The minimum atomic E-state index is -4.09. The predicted octanol–water partition coefficient (Wildman–Crippen LogP) is -0.808. The van der Waals surface area contributed by atoms with Gasteiger partial charge >= 0.3 is 29.6 Å². The summed E-state index contributed by atoms with van der Waals surface area (Å²) in [6.07, 6.45) is 4.59. The molecule has 0 heterocycles. The Hall–Kier alpha value is 0.790. The fourth-order valence-electron chi connectivity index (χ4n) is 1.84. The zero-order valence-corrected chi connectivity index (χ0v) is 17.7. The molecule has 0 amide bonds. The maximum Gasteiger partial charge on any atom is 1.00 e. The van der Waals surface area contributed by atoms with E-state index in [-0.39, 0.29) is 35.3 Å². The van der Waals surface area contributed by atoms with E-state index in [1.54, 1.807) is 0 Å². The molecule has 0 spiro atoms. The van der Waals surface area contributed by atoms with E-state index in [1.165, 1.54) is 19.3 Å². The van der Waals surface area contributed by atoms with Gasteiger partial charge in [-0.1, -0.05) is 26.7 Å². The zero-order chi connectivity index (χ0) is 16.7. The molecule has 0 aromatic rings. The van der Waals surface area contributed by atoms with Gasteiger partial charge in [-0.2, -0.15) is 0 Å². The quantitative estimate of drug-likeness (QED) is 0.203. The third-order valence-electron chi connectivity index (χ3n) is 3.13. The Kier molecular flexibility index (Phi) is 19.9. The summed E-state index contributed by atoms with van der Waals surface area (Å²) in [5.41, 5.74) is 0. The van der Waals surface area contributed by atoms with E-state index in [2.05, 4.69) is 13.8 Å². The van der Waals surface area contributed by atoms with Crippen LogP contribution in [-0.2, 0) is 24.3 Å². The van der Waals surface area contributed by atoms with Gasteiger partial charge in [0.15, 0.2) is 0 Å². The number of rotatable bonds is 16. The van der Waals surface area contributed by atoms with E-state index >= 15 is 0 Å². The van der Waals surface area contributed by atoms with Crippen LogP contribution in [0.3, 0.4) is 0 Å². The van der Waals surface area contributed by atoms with Gasteiger partial charge in [-0.15, -0.1) is 0 Å². The Morgan fingerprint density at radius 3 is 2.04 bits per heavy atom. The van der Waals surface area contributed by atoms with Crippen molar-refractivity contribution in [3.63, 3.8) is 0 Å². The molecule has 0 fully saturated rings. The molecule has 1 unspecified atom stereocenters. The topological polar surface area (TPSA) is 84.9 Å². The van der Waals surface area contributed by atoms with Crippen LogP contribution >= 0.6 is 0 Å². The summed E-state index contributed by atoms with van der Waals surface area (Å²) >= 11 is 0. The van der Waals surface area contributed by atoms with Crippen LogP contribution in [0.1, 0.15) is 46.0 Å². The molecule has 0 aromatic carbocycles. The largest absolute Gasteiger partial charge is 1.00 e. The predicted molar refractivity (Wildman–Crippen MR) is 84.9 cm³/mol. The van der Waals surface area contributed by atoms with Gasteiger partial charge in [-0.3, -0.25) is 0 Å². The molecule has 1 atom stereocenters. The summed E-state index contributed by atoms with van der Waals surface area (Å²) in [4.78, 5) is 0. The van der Waals surface area contributed by atoms with Gasteiger partial charge in [0.2, 0.25) is 0 Å². The average Bonchev–Trinajstić information content (AvgIpc) is 2.45. The molecule has 23 heavy (non-hydrogen) atoms. The van der Waals surface area contributed by atoms with Crippen molar-refractivity contribution in [3.8, 4) is 0 Å². The maximum absolute atomic E-state index is 10.4. The van der Waals surface area contributed by atoms with Crippen molar-refractivity contribution in [1.82, 2.24) is 0 Å². The van der Waals surface area contributed by atoms with Gasteiger partial charge in [0.1, 0.15) is 0 Å². The average molecular weight is 362 g/mol. The number of hydrogen-bond acceptors (Lipinski definition) is 6. The van der Waals surface area contributed by atoms with Crippen LogP contribution in [0.4, 0.5) is 0 Å². The van der Waals surface area contributed by atoms with Crippen LogP contribution in [0.25, 0.3) is 0 Å². The van der Waals surface area contributed by atoms with Crippen LogP contribution in [0.2, 0.25) is 0 Å². The van der Waals surface area contributed by atoms with E-state index in [4.69, 9.17) is 14.2 Å². The van der Waals surface area contributed by atoms with Crippen molar-refractivity contribution in [2.75, 3.05) is 45.4 Å². The molecule has 8 heteroatoms. The molecule has 0 saturated heterocycles. The van der Waals surface area contributed by atoms with Gasteiger partial charge < -0.3 is 18.8 Å². The van der Waals surface area contributed by atoms with E-state index in [9.17, 15) is 13.0 Å². The third-order valence-corrected chi connectivity index (χ3v) is 3.92. The van der Waals surface area contributed by atoms with Crippen LogP contribution in [0.15, 0.2) is 0 Å². The molecule has 0 saturated carbocycles. The molecule has 0 N–H and O–H groups in total. The third kappa shape index (κ3) is 22.8. The molecule has 0 aliphatic rings. The zero-order valence-electron chi connectivity index (χ0n) is 14.9. The number of hydrogen-bond donors (Lipinski definition) is 0. The summed E-state index contributed by atoms with van der Waals surface area (Å²) in [5.74, 6) is 0.280. The maximum atomic E-state index is 10.4. The summed E-state index contributed by atoms with van der Waals surface area (Å²) in [7, 11) is -4.09. The smallest absolute Gasteiger partial charge is 0.748 e. The summed E-state index contributed by atoms with van der Waals surface area (Å²) < 4.78 is 47.2. The molecule has 0 aliphatic carbocycles. The van der Waals surface area contributed by atoms with Crippen molar-refractivity contribution < 1.29 is 56.7 Å². The van der Waals surface area contributed by atoms with Crippen molar-refractivity contribution in [3.05, 3.63) is 0 Å². The van der Waals surface area contributed by atoms with Crippen molar-refractivity contribution in [2.24, 2.45) is 5.92 Å². The van der Waals surface area contributed by atoms with Gasteiger partial charge in [0.25, 0.3) is 0 Å². The first kappa shape index (κ1) is 26.0. The Morgan fingerprint density at radius 1 is 0.913 bits per heavy atom. The SMILES string of the molecule is CCCCC(C)COCCOCCOCCCCS(=O)(=O)[O-].[Na+]. The summed E-state index contributed by atoms with van der Waals surface area (Å²) in [5, 5.41) is 0. The van der Waals surface area contributed by atoms with E-state index in [0.717, 1.165) is 6.61 Å². The molecular weight excluding hydrogens is 331 g/mol. The number of unbranched alkanes of at least 4 members (excludes halogenated alkanes) is 2. The molecule has 134 valence electrons. The molecule has 0 radical (unpaired) electrons. The molecule has 0 rings (SSSR count). The van der Waals surface area contributed by atoms with Crippen LogP contribution < -0.4 is 29.6 Å². The van der Waals surface area contributed by atoms with Crippen LogP contribution in [-0.4, -0.2) is 58.4 Å². The Morgan fingerprint density at radius 2 is 1.48 bits per heavy atom. The molecule has 6 nitrogen and oxygen atoms in total. The fourth-order valence-corrected chi connectivity index (χ4v) is 2.40. The molecule has 0 aliphatic heterocycles. The van der Waals surface area contributed by atoms with Crippen molar-refractivity contribution >= 4 is 10.1 Å². The first-order chi connectivity index (χ1) is 10.5. The van der Waals surface area contributed by atoms with Gasteiger partial charge in [-0.05, 0) is 25.2 Å². The summed E-state index contributed by atoms with van der Waals surface area (Å²) in [6, 6.07) is 0. The van der Waals surface area contributed by atoms with E-state index in [1.807, 2.05) is 0 Å². The number of ether oxygens (including phenoxy) is 3. The van der Waals surface area contributed by atoms with E-state index < -0.39 is 10.1 Å². The minimum Gasteiger partial charge on any atom is -0.748 e. The Bertz CT molecular complexity index is 337. The first-order valence-corrected chi connectivity index (χ1v) is 9.70. The second kappa shape index (κ2) is 17.6. The normalized spacial score (nSPS) is 12.8. The molecule has 0 aromatic heterocycles. The molecular formula is C15H31NaO6S. The first-order valence-electron chi connectivity index (χ1n) is 8.12. The monoisotopic (exact) mass is 362 g/mol. The summed E-state index contributed by atoms with van der Waals surface area (Å²) in [6.45, 7) is 7.73. The fraction of sp³-hybridized carbons (Fsp3) is 1.00. The van der Waals surface area contributed by atoms with Crippen LogP contribution in [0.5, 0.6) is 0 Å². The minimum absolute atomic E-state index is 0. The second-order valence-corrected chi connectivity index (χ2v) is 7.04. The van der Waals surface area contributed by atoms with E-state index in [0.29, 0.717) is 51.8 Å². The van der Waals surface area contributed by atoms with Gasteiger partial charge in [0, 0.05) is 19.0 Å². The van der Waals surface area contributed by atoms with Gasteiger partial charge in [-0.25, -0.2) is 8.42 Å². The molecule has 0 bridgehead atoms. The standard InChI is InChI=1S/C15H32O6S.Na/c1-3-4-7-15(2)14-21-12-11-20-10-9-19-8-5-6-13-22(16,17)18;/h15H,3-14H2,1-2H3,(H,16,17,18);/q;+1/p-1. The van der Waals surface area contributed by atoms with Crippen LogP contribution in [0, 0.1) is 5.92 Å². The van der Waals surface area contributed by atoms with Crippen molar-refractivity contribution in [1.29, 1.82) is 0 Å².